The number of aromatic amines is 1. The van der Waals surface area contributed by atoms with E-state index in [1.165, 1.54) is 25.7 Å². The van der Waals surface area contributed by atoms with Crippen molar-refractivity contribution >= 4 is 16.7 Å². The number of Topliss-reactive ketones (excluding diaryl/α,β-unsaturated/α-hetero) is 1. The van der Waals surface area contributed by atoms with Gasteiger partial charge in [0.05, 0.1) is 5.56 Å². The lowest BCUT2D eigenvalue weighted by Crippen LogP contribution is -2.31. The zero-order valence-corrected chi connectivity index (χ0v) is 12.9. The largest absolute Gasteiger partial charge is 0.358 e. The van der Waals surface area contributed by atoms with Crippen LogP contribution in [0.1, 0.15) is 53.7 Å². The molecule has 22 heavy (non-hydrogen) atoms. The van der Waals surface area contributed by atoms with Gasteiger partial charge in [0.1, 0.15) is 0 Å². The Morgan fingerprint density at radius 2 is 1.82 bits per heavy atom. The van der Waals surface area contributed by atoms with Crippen LogP contribution in [0.5, 0.6) is 0 Å². The maximum atomic E-state index is 12.8. The minimum Gasteiger partial charge on any atom is -0.358 e. The number of ketones is 1. The number of hydrogen-bond acceptors (Lipinski definition) is 2. The summed E-state index contributed by atoms with van der Waals surface area (Å²) < 4.78 is 0. The van der Waals surface area contributed by atoms with Crippen LogP contribution in [-0.2, 0) is 6.42 Å². The van der Waals surface area contributed by atoms with Gasteiger partial charge in [-0.25, -0.2) is 0 Å². The van der Waals surface area contributed by atoms with Crippen LogP contribution in [0, 0.1) is 18.8 Å². The van der Waals surface area contributed by atoms with Crippen molar-refractivity contribution in [2.24, 2.45) is 11.8 Å². The second-order valence-electron chi connectivity index (χ2n) is 6.94. The molecular formula is C19H21NO2. The lowest BCUT2D eigenvalue weighted by Gasteiger charge is -2.28. The minimum absolute atomic E-state index is 0.0459. The van der Waals surface area contributed by atoms with Crippen LogP contribution in [0.4, 0.5) is 0 Å². The third-order valence-corrected chi connectivity index (χ3v) is 5.57. The molecule has 1 atom stereocenters. The van der Waals surface area contributed by atoms with Gasteiger partial charge >= 0.3 is 0 Å². The van der Waals surface area contributed by atoms with E-state index in [4.69, 9.17) is 0 Å². The van der Waals surface area contributed by atoms with Crippen LogP contribution in [0.25, 0.3) is 10.9 Å². The molecule has 3 heteroatoms. The molecule has 1 aromatic carbocycles. The highest BCUT2D eigenvalue weighted by Gasteiger charge is 2.34. The Hall–Kier alpha value is -1.90. The Morgan fingerprint density at radius 3 is 2.59 bits per heavy atom. The van der Waals surface area contributed by atoms with Crippen molar-refractivity contribution in [2.75, 3.05) is 0 Å². The van der Waals surface area contributed by atoms with Gasteiger partial charge in [-0.3, -0.25) is 9.59 Å². The van der Waals surface area contributed by atoms with Gasteiger partial charge in [0.25, 0.3) is 0 Å². The first-order chi connectivity index (χ1) is 10.6. The monoisotopic (exact) mass is 295 g/mol. The standard InChI is InChI=1S/C19H21NO2/c1-11-5-4-8-14-17(11)19(22)18-15(20-14)9-13(10-16(18)21)12-6-2-3-7-12/h4-5,8,12-13H,2-3,6-7,9-10H2,1H3,(H,20,22). The SMILES string of the molecule is Cc1cccc2[nH]c3c(c(=O)c12)C(=O)CC(C1CCCC1)C3. The van der Waals surface area contributed by atoms with Crippen molar-refractivity contribution < 1.29 is 4.79 Å². The van der Waals surface area contributed by atoms with Crippen molar-refractivity contribution in [3.8, 4) is 0 Å². The Morgan fingerprint density at radius 1 is 1.05 bits per heavy atom. The number of rotatable bonds is 1. The van der Waals surface area contributed by atoms with Crippen LogP contribution in [0.3, 0.4) is 0 Å². The third-order valence-electron chi connectivity index (χ3n) is 5.57. The fourth-order valence-corrected chi connectivity index (χ4v) is 4.45. The van der Waals surface area contributed by atoms with E-state index in [1.807, 2.05) is 25.1 Å². The van der Waals surface area contributed by atoms with Gasteiger partial charge in [0.15, 0.2) is 5.78 Å². The Balaban J connectivity index is 1.85. The predicted octanol–water partition coefficient (Wildman–Crippen LogP) is 3.77. The number of carbonyl (C=O) groups is 1. The molecule has 4 rings (SSSR count). The van der Waals surface area contributed by atoms with Gasteiger partial charge < -0.3 is 4.98 Å². The zero-order chi connectivity index (χ0) is 15.3. The molecule has 1 unspecified atom stereocenters. The van der Waals surface area contributed by atoms with Crippen molar-refractivity contribution in [3.63, 3.8) is 0 Å². The molecule has 2 aromatic rings. The molecule has 1 saturated carbocycles. The smallest absolute Gasteiger partial charge is 0.200 e. The molecule has 1 fully saturated rings. The number of benzene rings is 1. The minimum atomic E-state index is -0.0725. The molecule has 3 nitrogen and oxygen atoms in total. The molecular weight excluding hydrogens is 274 g/mol. The van der Waals surface area contributed by atoms with Crippen molar-refractivity contribution in [1.29, 1.82) is 0 Å². The van der Waals surface area contributed by atoms with Crippen molar-refractivity contribution in [3.05, 3.63) is 45.2 Å². The molecule has 1 heterocycles. The molecule has 2 aliphatic carbocycles. The van der Waals surface area contributed by atoms with Crippen LogP contribution >= 0.6 is 0 Å². The van der Waals surface area contributed by atoms with E-state index in [9.17, 15) is 9.59 Å². The Kier molecular flexibility index (Phi) is 3.17. The number of pyridine rings is 1. The van der Waals surface area contributed by atoms with Gasteiger partial charge in [0, 0.05) is 23.0 Å². The average Bonchev–Trinajstić information content (AvgIpc) is 3.00. The molecule has 1 aromatic heterocycles. The topological polar surface area (TPSA) is 49.9 Å². The second-order valence-corrected chi connectivity index (χ2v) is 6.94. The maximum Gasteiger partial charge on any atom is 0.200 e. The number of nitrogens with one attached hydrogen (secondary N) is 1. The van der Waals surface area contributed by atoms with Gasteiger partial charge in [-0.1, -0.05) is 37.8 Å². The predicted molar refractivity (Wildman–Crippen MR) is 87.4 cm³/mol. The number of aromatic nitrogens is 1. The van der Waals surface area contributed by atoms with E-state index in [0.29, 0.717) is 29.2 Å². The summed E-state index contributed by atoms with van der Waals surface area (Å²) in [7, 11) is 0. The van der Waals surface area contributed by atoms with Crippen molar-refractivity contribution in [2.45, 2.75) is 45.4 Å². The van der Waals surface area contributed by atoms with E-state index in [-0.39, 0.29) is 11.2 Å². The normalized spacial score (nSPS) is 22.2. The molecule has 0 bridgehead atoms. The summed E-state index contributed by atoms with van der Waals surface area (Å²) in [6, 6.07) is 5.82. The second kappa shape index (κ2) is 5.08. The first-order valence-corrected chi connectivity index (χ1v) is 8.33. The zero-order valence-electron chi connectivity index (χ0n) is 12.9. The summed E-state index contributed by atoms with van der Waals surface area (Å²) in [4.78, 5) is 28.8. The number of hydrogen-bond donors (Lipinski definition) is 1. The fourth-order valence-electron chi connectivity index (χ4n) is 4.45. The van der Waals surface area contributed by atoms with Crippen molar-refractivity contribution in [1.82, 2.24) is 4.98 Å². The van der Waals surface area contributed by atoms with Gasteiger partial charge in [-0.2, -0.15) is 0 Å². The average molecular weight is 295 g/mol. The molecule has 0 saturated heterocycles. The van der Waals surface area contributed by atoms with Crippen LogP contribution in [-0.4, -0.2) is 10.8 Å². The number of carbonyl (C=O) groups excluding carboxylic acids is 1. The van der Waals surface area contributed by atoms with Gasteiger partial charge in [-0.05, 0) is 36.8 Å². The highest BCUT2D eigenvalue weighted by Crippen LogP contribution is 2.38. The molecule has 1 N–H and O–H groups in total. The fraction of sp³-hybridized carbons (Fsp3) is 0.474. The lowest BCUT2D eigenvalue weighted by molar-refractivity contribution is 0.0924. The summed E-state index contributed by atoms with van der Waals surface area (Å²) in [5, 5.41) is 0.675. The lowest BCUT2D eigenvalue weighted by atomic mass is 9.77. The Labute approximate surface area is 129 Å². The summed E-state index contributed by atoms with van der Waals surface area (Å²) >= 11 is 0. The summed E-state index contributed by atoms with van der Waals surface area (Å²) in [6.45, 7) is 1.93. The third kappa shape index (κ3) is 2.03. The highest BCUT2D eigenvalue weighted by molar-refractivity contribution is 6.01. The molecule has 0 spiro atoms. The molecule has 0 aliphatic heterocycles. The number of H-pyrrole nitrogens is 1. The van der Waals surface area contributed by atoms with E-state index >= 15 is 0 Å². The number of fused-ring (bicyclic) bond motifs is 2. The first-order valence-electron chi connectivity index (χ1n) is 8.33. The van der Waals surface area contributed by atoms with Crippen LogP contribution < -0.4 is 5.43 Å². The van der Waals surface area contributed by atoms with Crippen LogP contribution in [0.2, 0.25) is 0 Å². The summed E-state index contributed by atoms with van der Waals surface area (Å²) in [5.74, 6) is 1.12. The molecule has 2 aliphatic rings. The summed E-state index contributed by atoms with van der Waals surface area (Å²) in [5.41, 5.74) is 3.03. The quantitative estimate of drug-likeness (QED) is 0.870. The number of aryl methyl sites for hydroxylation is 1. The first kappa shape index (κ1) is 13.7. The molecule has 0 radical (unpaired) electrons. The summed E-state index contributed by atoms with van der Waals surface area (Å²) in [6.07, 6.45) is 6.46. The Bertz CT molecular complexity index is 812. The van der Waals surface area contributed by atoms with E-state index in [1.54, 1.807) is 0 Å². The maximum absolute atomic E-state index is 12.8. The van der Waals surface area contributed by atoms with E-state index in [2.05, 4.69) is 4.98 Å². The van der Waals surface area contributed by atoms with Crippen LogP contribution in [0.15, 0.2) is 23.0 Å². The van der Waals surface area contributed by atoms with Gasteiger partial charge in [-0.15, -0.1) is 0 Å². The molecule has 0 amide bonds. The van der Waals surface area contributed by atoms with E-state index < -0.39 is 0 Å². The van der Waals surface area contributed by atoms with E-state index in [0.717, 1.165) is 23.2 Å². The van der Waals surface area contributed by atoms with Gasteiger partial charge in [0.2, 0.25) is 5.43 Å². The molecule has 114 valence electrons. The highest BCUT2D eigenvalue weighted by atomic mass is 16.1.